The summed E-state index contributed by atoms with van der Waals surface area (Å²) in [6.45, 7) is 0.657. The normalized spacial score (nSPS) is 10.2. The van der Waals surface area contributed by atoms with Crippen LogP contribution in [0.25, 0.3) is 0 Å². The first kappa shape index (κ1) is 28.1. The third-order valence-corrected chi connectivity index (χ3v) is 1.90. The number of hydrogen-bond acceptors (Lipinski definition) is 8. The van der Waals surface area contributed by atoms with Gasteiger partial charge in [0.05, 0.1) is 13.1 Å². The number of aliphatic imine (C=N–C) groups is 2. The van der Waals surface area contributed by atoms with Gasteiger partial charge in [-0.2, -0.15) is 8.42 Å². The summed E-state index contributed by atoms with van der Waals surface area (Å²) in [5.74, 6) is 0.0817. The van der Waals surface area contributed by atoms with Crippen molar-refractivity contribution in [2.24, 2.45) is 32.9 Å². The van der Waals surface area contributed by atoms with Gasteiger partial charge < -0.3 is 41.9 Å². The van der Waals surface area contributed by atoms with Crippen molar-refractivity contribution in [2.75, 3.05) is 41.5 Å². The smallest absolute Gasteiger partial charge is 0.370 e. The minimum absolute atomic E-state index is 0.0408. The molecule has 0 aliphatic rings. The lowest BCUT2D eigenvalue weighted by Crippen LogP contribution is -2.26. The number of methoxy groups -OCH3 is 4. The molecule has 0 spiro atoms. The van der Waals surface area contributed by atoms with E-state index in [-0.39, 0.29) is 24.5 Å². The van der Waals surface area contributed by atoms with E-state index in [9.17, 15) is 0 Å². The summed E-state index contributed by atoms with van der Waals surface area (Å²) in [5, 5.41) is 0. The number of nitrogens with zero attached hydrogens (tertiary/aromatic N) is 2. The Balaban J connectivity index is -0.000000308. The molecule has 0 aromatic carbocycles. The van der Waals surface area contributed by atoms with Gasteiger partial charge in [0.15, 0.2) is 24.5 Å². The largest absolute Gasteiger partial charge is 0.394 e. The molecule has 14 nitrogen and oxygen atoms in total. The average molecular weight is 392 g/mol. The highest BCUT2D eigenvalue weighted by Crippen LogP contribution is 1.90. The molecule has 0 saturated heterocycles. The van der Waals surface area contributed by atoms with Crippen LogP contribution in [0.5, 0.6) is 0 Å². The monoisotopic (exact) mass is 392 g/mol. The minimum Gasteiger partial charge on any atom is -0.370 e. The maximum absolute atomic E-state index is 8.74. The van der Waals surface area contributed by atoms with Gasteiger partial charge in [-0.05, 0) is 0 Å². The lowest BCUT2D eigenvalue weighted by molar-refractivity contribution is -0.0938. The van der Waals surface area contributed by atoms with Crippen LogP contribution >= 0.6 is 0 Å². The molecule has 0 bridgehead atoms. The number of nitrogens with two attached hydrogens (primary N) is 4. The lowest BCUT2D eigenvalue weighted by Gasteiger charge is -2.09. The zero-order valence-electron chi connectivity index (χ0n) is 14.5. The Morgan fingerprint density at radius 1 is 0.800 bits per heavy atom. The third kappa shape index (κ3) is 34.6. The molecule has 0 rings (SSSR count). The van der Waals surface area contributed by atoms with Crippen LogP contribution in [0.15, 0.2) is 9.98 Å². The van der Waals surface area contributed by atoms with Crippen molar-refractivity contribution in [1.29, 1.82) is 0 Å². The van der Waals surface area contributed by atoms with E-state index in [0.29, 0.717) is 13.1 Å². The van der Waals surface area contributed by atoms with Gasteiger partial charge >= 0.3 is 10.4 Å². The average Bonchev–Trinajstić information content (AvgIpc) is 2.48. The van der Waals surface area contributed by atoms with E-state index in [0.717, 1.165) is 0 Å². The van der Waals surface area contributed by atoms with Crippen LogP contribution < -0.4 is 22.9 Å². The Bertz CT molecular complexity index is 420. The molecule has 10 N–H and O–H groups in total. The molecule has 0 aromatic heterocycles. The predicted molar refractivity (Wildman–Crippen MR) is 91.1 cm³/mol. The molecule has 0 amide bonds. The second-order valence-electron chi connectivity index (χ2n) is 3.78. The maximum atomic E-state index is 8.74. The summed E-state index contributed by atoms with van der Waals surface area (Å²) >= 11 is 0. The van der Waals surface area contributed by atoms with E-state index in [2.05, 4.69) is 9.98 Å². The van der Waals surface area contributed by atoms with Crippen LogP contribution in [0.4, 0.5) is 0 Å². The topological polar surface area (TPSA) is 240 Å². The molecule has 152 valence electrons. The molecule has 0 radical (unpaired) electrons. The van der Waals surface area contributed by atoms with Crippen LogP contribution in [0.3, 0.4) is 0 Å². The molecule has 0 fully saturated rings. The van der Waals surface area contributed by atoms with Crippen molar-refractivity contribution in [2.45, 2.75) is 12.6 Å². The molecule has 0 atom stereocenters. The summed E-state index contributed by atoms with van der Waals surface area (Å²) < 4.78 is 50.8. The van der Waals surface area contributed by atoms with Gasteiger partial charge in [-0.1, -0.05) is 0 Å². The minimum atomic E-state index is -4.67. The van der Waals surface area contributed by atoms with Crippen molar-refractivity contribution in [3.63, 3.8) is 0 Å². The zero-order chi connectivity index (χ0) is 20.5. The standard InChI is InChI=1S/2C5H13N3O2.H2O4S/c2*1-9-4(10-2)3-8-5(6)7;1-5(2,3)4/h2*4H,3H2,1-2H3,(H4,6,7,8);(H2,1,2,3,4). The summed E-state index contributed by atoms with van der Waals surface area (Å²) in [6, 6.07) is 0. The van der Waals surface area contributed by atoms with E-state index in [1.54, 1.807) is 0 Å². The molecule has 0 unspecified atom stereocenters. The van der Waals surface area contributed by atoms with Gasteiger partial charge in [-0.3, -0.25) is 9.11 Å². The van der Waals surface area contributed by atoms with Crippen LogP contribution in [0, 0.1) is 0 Å². The molecular formula is C10H28N6O8S. The molecule has 0 aromatic rings. The number of ether oxygens (including phenoxy) is 4. The van der Waals surface area contributed by atoms with E-state index < -0.39 is 10.4 Å². The fraction of sp³-hybridized carbons (Fsp3) is 0.800. The number of guanidine groups is 2. The first-order valence-corrected chi connectivity index (χ1v) is 7.72. The van der Waals surface area contributed by atoms with Gasteiger partial charge in [-0.15, -0.1) is 0 Å². The third-order valence-electron chi connectivity index (χ3n) is 1.90. The number of rotatable bonds is 8. The quantitative estimate of drug-likeness (QED) is 0.105. The maximum Gasteiger partial charge on any atom is 0.394 e. The first-order valence-electron chi connectivity index (χ1n) is 6.33. The fourth-order valence-electron chi connectivity index (χ4n) is 0.850. The summed E-state index contributed by atoms with van der Waals surface area (Å²) in [6.07, 6.45) is -0.718. The van der Waals surface area contributed by atoms with Crippen LogP contribution in [0.1, 0.15) is 0 Å². The first-order chi connectivity index (χ1) is 11.4. The van der Waals surface area contributed by atoms with Gasteiger partial charge in [-0.25, -0.2) is 9.98 Å². The van der Waals surface area contributed by atoms with Crippen molar-refractivity contribution in [3.05, 3.63) is 0 Å². The molecule has 0 aliphatic heterocycles. The van der Waals surface area contributed by atoms with Crippen LogP contribution in [-0.4, -0.2) is 83.6 Å². The molecule has 0 saturated carbocycles. The van der Waals surface area contributed by atoms with Gasteiger partial charge in [0.1, 0.15) is 0 Å². The molecule has 15 heteroatoms. The van der Waals surface area contributed by atoms with E-state index in [1.165, 1.54) is 28.4 Å². The van der Waals surface area contributed by atoms with Crippen molar-refractivity contribution in [1.82, 2.24) is 0 Å². The Morgan fingerprint density at radius 3 is 1.12 bits per heavy atom. The lowest BCUT2D eigenvalue weighted by atomic mass is 10.6. The molecule has 25 heavy (non-hydrogen) atoms. The highest BCUT2D eigenvalue weighted by atomic mass is 32.3. The van der Waals surface area contributed by atoms with E-state index >= 15 is 0 Å². The number of hydrogen-bond donors (Lipinski definition) is 6. The van der Waals surface area contributed by atoms with E-state index in [4.69, 9.17) is 59.4 Å². The van der Waals surface area contributed by atoms with Crippen LogP contribution in [-0.2, 0) is 29.3 Å². The Hall–Kier alpha value is -1.75. The van der Waals surface area contributed by atoms with Gasteiger partial charge in [0.25, 0.3) is 0 Å². The second kappa shape index (κ2) is 17.1. The summed E-state index contributed by atoms with van der Waals surface area (Å²) in [4.78, 5) is 7.38. The summed E-state index contributed by atoms with van der Waals surface area (Å²) in [7, 11) is 1.43. The van der Waals surface area contributed by atoms with Crippen molar-refractivity contribution >= 4 is 22.3 Å². The Labute approximate surface area is 146 Å². The highest BCUT2D eigenvalue weighted by Gasteiger charge is 2.02. The van der Waals surface area contributed by atoms with Crippen LogP contribution in [0.2, 0.25) is 0 Å². The molecular weight excluding hydrogens is 364 g/mol. The fourth-order valence-corrected chi connectivity index (χ4v) is 0.850. The molecule has 0 aliphatic carbocycles. The summed E-state index contributed by atoms with van der Waals surface area (Å²) in [5.41, 5.74) is 20.3. The second-order valence-corrected chi connectivity index (χ2v) is 4.68. The Morgan fingerprint density at radius 2 is 1.00 bits per heavy atom. The highest BCUT2D eigenvalue weighted by molar-refractivity contribution is 7.79. The van der Waals surface area contributed by atoms with Gasteiger partial charge in [0, 0.05) is 28.4 Å². The Kier molecular flexibility index (Phi) is 19.2. The van der Waals surface area contributed by atoms with Gasteiger partial charge in [0.2, 0.25) is 0 Å². The zero-order valence-corrected chi connectivity index (χ0v) is 15.3. The van der Waals surface area contributed by atoms with E-state index in [1.807, 2.05) is 0 Å². The predicted octanol–water partition coefficient (Wildman–Crippen LogP) is -2.90. The SMILES string of the molecule is COC(CN=C(N)N)OC.COC(CN=C(N)N)OC.O=S(=O)(O)O. The van der Waals surface area contributed by atoms with Crippen molar-refractivity contribution < 1.29 is 36.5 Å². The van der Waals surface area contributed by atoms with Crippen molar-refractivity contribution in [3.8, 4) is 0 Å². The molecule has 0 heterocycles.